The Morgan fingerprint density at radius 1 is 1.17 bits per heavy atom. The van der Waals surface area contributed by atoms with E-state index in [-0.39, 0.29) is 18.0 Å². The number of benzene rings is 1. The van der Waals surface area contributed by atoms with Gasteiger partial charge in [-0.05, 0) is 45.2 Å². The quantitative estimate of drug-likeness (QED) is 0.784. The molecule has 0 aliphatic carbocycles. The van der Waals surface area contributed by atoms with Gasteiger partial charge in [0.2, 0.25) is 5.91 Å². The molecule has 1 amide bonds. The van der Waals surface area contributed by atoms with Gasteiger partial charge in [-0.15, -0.1) is 11.3 Å². The molecular weight excluding hydrogens is 322 g/mol. The first-order chi connectivity index (χ1) is 11.4. The van der Waals surface area contributed by atoms with E-state index in [0.29, 0.717) is 23.4 Å². The summed E-state index contributed by atoms with van der Waals surface area (Å²) in [5.74, 6) is -0.482. The average Bonchev–Trinajstić information content (AvgIpc) is 2.80. The third kappa shape index (κ3) is 4.68. The number of hydrogen-bond acceptors (Lipinski definition) is 4. The van der Waals surface area contributed by atoms with Crippen LogP contribution in [0.15, 0.2) is 30.3 Å². The van der Waals surface area contributed by atoms with Crippen molar-refractivity contribution in [1.29, 1.82) is 0 Å². The summed E-state index contributed by atoms with van der Waals surface area (Å²) in [4.78, 5) is 25.6. The standard InChI is InChI=1S/C19H23NO3S/c1-12(2)23-19(22)17-13(3)14(4)24-18(17)20-16(21)11-10-15-8-6-5-7-9-15/h5-9,12H,10-11H2,1-4H3,(H,20,21). The topological polar surface area (TPSA) is 55.4 Å². The Labute approximate surface area is 146 Å². The molecule has 2 aromatic rings. The fourth-order valence-corrected chi connectivity index (χ4v) is 3.39. The molecule has 0 saturated heterocycles. The van der Waals surface area contributed by atoms with Crippen LogP contribution in [0.4, 0.5) is 5.00 Å². The Morgan fingerprint density at radius 2 is 1.83 bits per heavy atom. The maximum absolute atomic E-state index is 12.3. The number of aryl methyl sites for hydroxylation is 2. The third-order valence-electron chi connectivity index (χ3n) is 3.67. The minimum absolute atomic E-state index is 0.0984. The fourth-order valence-electron chi connectivity index (χ4n) is 2.33. The smallest absolute Gasteiger partial charge is 0.341 e. The number of amides is 1. The van der Waals surface area contributed by atoms with Gasteiger partial charge in [-0.3, -0.25) is 4.79 Å². The van der Waals surface area contributed by atoms with Gasteiger partial charge in [0.15, 0.2) is 0 Å². The molecule has 0 aliphatic heterocycles. The van der Waals surface area contributed by atoms with Crippen molar-refractivity contribution in [3.63, 3.8) is 0 Å². The lowest BCUT2D eigenvalue weighted by Crippen LogP contribution is -2.17. The van der Waals surface area contributed by atoms with E-state index in [1.54, 1.807) is 0 Å². The van der Waals surface area contributed by atoms with E-state index in [1.165, 1.54) is 11.3 Å². The number of carbonyl (C=O) groups excluding carboxylic acids is 2. The number of ether oxygens (including phenoxy) is 1. The van der Waals surface area contributed by atoms with Crippen LogP contribution in [0.3, 0.4) is 0 Å². The molecule has 0 fully saturated rings. The van der Waals surface area contributed by atoms with Crippen LogP contribution in [0.2, 0.25) is 0 Å². The first kappa shape index (κ1) is 18.2. The zero-order chi connectivity index (χ0) is 17.7. The SMILES string of the molecule is Cc1sc(NC(=O)CCc2ccccc2)c(C(=O)OC(C)C)c1C. The van der Waals surface area contributed by atoms with E-state index in [4.69, 9.17) is 4.74 Å². The zero-order valence-electron chi connectivity index (χ0n) is 14.5. The van der Waals surface area contributed by atoms with Gasteiger partial charge < -0.3 is 10.1 Å². The molecule has 24 heavy (non-hydrogen) atoms. The summed E-state index contributed by atoms with van der Waals surface area (Å²) in [6.45, 7) is 7.43. The van der Waals surface area contributed by atoms with E-state index < -0.39 is 0 Å². The van der Waals surface area contributed by atoms with Gasteiger partial charge in [0.25, 0.3) is 0 Å². The molecule has 1 N–H and O–H groups in total. The maximum atomic E-state index is 12.3. The summed E-state index contributed by atoms with van der Waals surface area (Å²) >= 11 is 1.41. The Hall–Kier alpha value is -2.14. The molecule has 0 bridgehead atoms. The van der Waals surface area contributed by atoms with Crippen molar-refractivity contribution in [3.8, 4) is 0 Å². The highest BCUT2D eigenvalue weighted by atomic mass is 32.1. The summed E-state index contributed by atoms with van der Waals surface area (Å²) in [5.41, 5.74) is 2.45. The third-order valence-corrected chi connectivity index (χ3v) is 4.79. The number of nitrogens with one attached hydrogen (secondary N) is 1. The molecule has 0 unspecified atom stereocenters. The summed E-state index contributed by atoms with van der Waals surface area (Å²) in [6, 6.07) is 9.86. The fraction of sp³-hybridized carbons (Fsp3) is 0.368. The molecular formula is C19H23NO3S. The van der Waals surface area contributed by atoms with Gasteiger partial charge in [0.05, 0.1) is 11.7 Å². The van der Waals surface area contributed by atoms with E-state index in [2.05, 4.69) is 5.32 Å². The Balaban J connectivity index is 2.07. The van der Waals surface area contributed by atoms with Crippen LogP contribution in [0.5, 0.6) is 0 Å². The highest BCUT2D eigenvalue weighted by Crippen LogP contribution is 2.33. The number of anilines is 1. The van der Waals surface area contributed by atoms with Crippen molar-refractivity contribution in [1.82, 2.24) is 0 Å². The first-order valence-corrected chi connectivity index (χ1v) is 8.85. The molecule has 4 nitrogen and oxygen atoms in total. The van der Waals surface area contributed by atoms with E-state index in [0.717, 1.165) is 16.0 Å². The van der Waals surface area contributed by atoms with Crippen molar-refractivity contribution in [2.45, 2.75) is 46.6 Å². The predicted molar refractivity (Wildman–Crippen MR) is 97.7 cm³/mol. The molecule has 0 aliphatic rings. The van der Waals surface area contributed by atoms with Gasteiger partial charge >= 0.3 is 5.97 Å². The monoisotopic (exact) mass is 345 g/mol. The van der Waals surface area contributed by atoms with Gasteiger partial charge in [-0.1, -0.05) is 30.3 Å². The molecule has 0 radical (unpaired) electrons. The van der Waals surface area contributed by atoms with Crippen LogP contribution in [0.25, 0.3) is 0 Å². The molecule has 5 heteroatoms. The summed E-state index contributed by atoms with van der Waals surface area (Å²) in [7, 11) is 0. The maximum Gasteiger partial charge on any atom is 0.341 e. The van der Waals surface area contributed by atoms with Crippen LogP contribution >= 0.6 is 11.3 Å². The zero-order valence-corrected chi connectivity index (χ0v) is 15.3. The second-order valence-electron chi connectivity index (χ2n) is 5.98. The Morgan fingerprint density at radius 3 is 2.46 bits per heavy atom. The Kier molecular flexibility index (Phi) is 6.15. The van der Waals surface area contributed by atoms with Crippen molar-refractivity contribution < 1.29 is 14.3 Å². The second kappa shape index (κ2) is 8.11. The van der Waals surface area contributed by atoms with Crippen LogP contribution in [-0.2, 0) is 16.0 Å². The number of rotatable bonds is 6. The Bertz CT molecular complexity index is 720. The predicted octanol–water partition coefficient (Wildman–Crippen LogP) is 4.50. The minimum atomic E-state index is -0.384. The molecule has 2 rings (SSSR count). The minimum Gasteiger partial charge on any atom is -0.459 e. The largest absolute Gasteiger partial charge is 0.459 e. The lowest BCUT2D eigenvalue weighted by Gasteiger charge is -2.10. The normalized spacial score (nSPS) is 10.7. The van der Waals surface area contributed by atoms with E-state index in [9.17, 15) is 9.59 Å². The number of carbonyl (C=O) groups is 2. The molecule has 1 aromatic heterocycles. The van der Waals surface area contributed by atoms with Gasteiger partial charge in [-0.25, -0.2) is 4.79 Å². The summed E-state index contributed by atoms with van der Waals surface area (Å²) in [6.07, 6.45) is 0.847. The number of hydrogen-bond donors (Lipinski definition) is 1. The van der Waals surface area contributed by atoms with Crippen LogP contribution < -0.4 is 5.32 Å². The van der Waals surface area contributed by atoms with Crippen molar-refractivity contribution in [2.75, 3.05) is 5.32 Å². The second-order valence-corrected chi connectivity index (χ2v) is 7.20. The van der Waals surface area contributed by atoms with Crippen LogP contribution in [0, 0.1) is 13.8 Å². The van der Waals surface area contributed by atoms with E-state index >= 15 is 0 Å². The van der Waals surface area contributed by atoms with Crippen molar-refractivity contribution in [3.05, 3.63) is 51.9 Å². The molecule has 0 saturated carbocycles. The highest BCUT2D eigenvalue weighted by molar-refractivity contribution is 7.16. The van der Waals surface area contributed by atoms with Gasteiger partial charge in [0.1, 0.15) is 5.00 Å². The molecule has 1 aromatic carbocycles. The van der Waals surface area contributed by atoms with Crippen molar-refractivity contribution in [2.24, 2.45) is 0 Å². The molecule has 0 spiro atoms. The van der Waals surface area contributed by atoms with E-state index in [1.807, 2.05) is 58.0 Å². The molecule has 1 heterocycles. The molecule has 128 valence electrons. The lowest BCUT2D eigenvalue weighted by molar-refractivity contribution is -0.116. The summed E-state index contributed by atoms with van der Waals surface area (Å²) < 4.78 is 5.30. The van der Waals surface area contributed by atoms with Crippen LogP contribution in [0.1, 0.15) is 46.6 Å². The number of thiophene rings is 1. The van der Waals surface area contributed by atoms with Gasteiger partial charge in [0, 0.05) is 11.3 Å². The van der Waals surface area contributed by atoms with Gasteiger partial charge in [-0.2, -0.15) is 0 Å². The first-order valence-electron chi connectivity index (χ1n) is 8.03. The highest BCUT2D eigenvalue weighted by Gasteiger charge is 2.22. The van der Waals surface area contributed by atoms with Crippen molar-refractivity contribution >= 4 is 28.2 Å². The number of esters is 1. The summed E-state index contributed by atoms with van der Waals surface area (Å²) in [5, 5.41) is 3.45. The van der Waals surface area contributed by atoms with Crippen LogP contribution in [-0.4, -0.2) is 18.0 Å². The molecule has 0 atom stereocenters. The lowest BCUT2D eigenvalue weighted by atomic mass is 10.1. The average molecular weight is 345 g/mol.